The highest BCUT2D eigenvalue weighted by Gasteiger charge is 2.02. The monoisotopic (exact) mass is 268 g/mol. The number of nitrogens with two attached hydrogens (primary N) is 1. The van der Waals surface area contributed by atoms with Gasteiger partial charge in [0.1, 0.15) is 0 Å². The summed E-state index contributed by atoms with van der Waals surface area (Å²) in [5.41, 5.74) is 9.62. The molecule has 0 atom stereocenters. The normalized spacial score (nSPS) is 10.2. The van der Waals surface area contributed by atoms with E-state index < -0.39 is 0 Å². The second kappa shape index (κ2) is 6.75. The molecule has 2 rings (SSSR count). The minimum absolute atomic E-state index is 0.0434. The molecule has 0 aliphatic rings. The zero-order valence-corrected chi connectivity index (χ0v) is 11.7. The van der Waals surface area contributed by atoms with Crippen molar-refractivity contribution in [3.05, 3.63) is 59.7 Å². The minimum atomic E-state index is 0.0434. The van der Waals surface area contributed by atoms with E-state index in [0.29, 0.717) is 12.1 Å². The third-order valence-electron chi connectivity index (χ3n) is 3.18. The summed E-state index contributed by atoms with van der Waals surface area (Å²) in [6.07, 6.45) is 2.30. The first kappa shape index (κ1) is 14.1. The first-order valence-corrected chi connectivity index (χ1v) is 6.84. The summed E-state index contributed by atoms with van der Waals surface area (Å²) >= 11 is 0. The van der Waals surface area contributed by atoms with Crippen molar-refractivity contribution < 1.29 is 4.79 Å². The van der Waals surface area contributed by atoms with E-state index in [0.717, 1.165) is 18.5 Å². The van der Waals surface area contributed by atoms with Crippen LogP contribution in [-0.4, -0.2) is 5.91 Å². The van der Waals surface area contributed by atoms with Crippen molar-refractivity contribution >= 4 is 17.3 Å². The van der Waals surface area contributed by atoms with Crippen LogP contribution < -0.4 is 11.1 Å². The van der Waals surface area contributed by atoms with Crippen LogP contribution in [0.2, 0.25) is 0 Å². The molecule has 0 saturated heterocycles. The Morgan fingerprint density at radius 2 is 1.70 bits per heavy atom. The summed E-state index contributed by atoms with van der Waals surface area (Å²) in [5.74, 6) is 0.0434. The van der Waals surface area contributed by atoms with Gasteiger partial charge in [-0.15, -0.1) is 0 Å². The van der Waals surface area contributed by atoms with E-state index in [4.69, 9.17) is 5.73 Å². The number of carbonyl (C=O) groups excluding carboxylic acids is 1. The molecule has 0 spiro atoms. The molecule has 3 N–H and O–H groups in total. The fraction of sp³-hybridized carbons (Fsp3) is 0.235. The molecule has 0 bridgehead atoms. The van der Waals surface area contributed by atoms with Gasteiger partial charge in [-0.05, 0) is 49.6 Å². The maximum atomic E-state index is 11.8. The molecule has 3 heteroatoms. The number of amides is 1. The second-order valence-corrected chi connectivity index (χ2v) is 5.01. The highest BCUT2D eigenvalue weighted by atomic mass is 16.1. The average Bonchev–Trinajstić information content (AvgIpc) is 2.44. The molecular weight excluding hydrogens is 248 g/mol. The molecule has 3 nitrogen and oxygen atoms in total. The summed E-state index contributed by atoms with van der Waals surface area (Å²) in [6, 6.07) is 15.6. The highest BCUT2D eigenvalue weighted by Crippen LogP contribution is 2.12. The predicted molar refractivity (Wildman–Crippen MR) is 83.6 cm³/mol. The van der Waals surface area contributed by atoms with Gasteiger partial charge in [0, 0.05) is 17.8 Å². The average molecular weight is 268 g/mol. The van der Waals surface area contributed by atoms with E-state index in [1.807, 2.05) is 12.1 Å². The van der Waals surface area contributed by atoms with Crippen LogP contribution in [-0.2, 0) is 11.2 Å². The van der Waals surface area contributed by atoms with Crippen molar-refractivity contribution in [3.8, 4) is 0 Å². The van der Waals surface area contributed by atoms with E-state index in [-0.39, 0.29) is 5.91 Å². The lowest BCUT2D eigenvalue weighted by molar-refractivity contribution is -0.116. The largest absolute Gasteiger partial charge is 0.399 e. The van der Waals surface area contributed by atoms with Gasteiger partial charge in [-0.1, -0.05) is 29.8 Å². The third kappa shape index (κ3) is 4.43. The SMILES string of the molecule is Cc1ccc(CCCC(=O)Nc2ccc(N)cc2)cc1. The molecule has 0 fully saturated rings. The van der Waals surface area contributed by atoms with E-state index in [9.17, 15) is 4.79 Å². The van der Waals surface area contributed by atoms with Crippen molar-refractivity contribution in [1.82, 2.24) is 0 Å². The summed E-state index contributed by atoms with van der Waals surface area (Å²) in [4.78, 5) is 11.8. The van der Waals surface area contributed by atoms with Gasteiger partial charge in [-0.25, -0.2) is 0 Å². The fourth-order valence-corrected chi connectivity index (χ4v) is 2.00. The fourth-order valence-electron chi connectivity index (χ4n) is 2.00. The second-order valence-electron chi connectivity index (χ2n) is 5.01. The molecule has 104 valence electrons. The quantitative estimate of drug-likeness (QED) is 0.815. The molecule has 0 aliphatic carbocycles. The van der Waals surface area contributed by atoms with Gasteiger partial charge in [0.2, 0.25) is 5.91 Å². The Balaban J connectivity index is 1.75. The first-order chi connectivity index (χ1) is 9.63. The Bertz CT molecular complexity index is 559. The Morgan fingerprint density at radius 1 is 1.05 bits per heavy atom. The number of anilines is 2. The Morgan fingerprint density at radius 3 is 2.35 bits per heavy atom. The number of aryl methyl sites for hydroxylation is 2. The van der Waals surface area contributed by atoms with Gasteiger partial charge < -0.3 is 11.1 Å². The van der Waals surface area contributed by atoms with Crippen LogP contribution >= 0.6 is 0 Å². The molecule has 2 aromatic carbocycles. The Kier molecular flexibility index (Phi) is 4.77. The lowest BCUT2D eigenvalue weighted by Crippen LogP contribution is -2.11. The van der Waals surface area contributed by atoms with Gasteiger partial charge in [0.25, 0.3) is 0 Å². The third-order valence-corrected chi connectivity index (χ3v) is 3.18. The van der Waals surface area contributed by atoms with E-state index >= 15 is 0 Å². The number of carbonyl (C=O) groups is 1. The van der Waals surface area contributed by atoms with Gasteiger partial charge in [-0.2, -0.15) is 0 Å². The number of nitrogens with one attached hydrogen (secondary N) is 1. The molecule has 0 saturated carbocycles. The van der Waals surface area contributed by atoms with Crippen LogP contribution in [0.4, 0.5) is 11.4 Å². The van der Waals surface area contributed by atoms with Crippen LogP contribution in [0.25, 0.3) is 0 Å². The lowest BCUT2D eigenvalue weighted by atomic mass is 10.1. The van der Waals surface area contributed by atoms with Crippen LogP contribution in [0.15, 0.2) is 48.5 Å². The first-order valence-electron chi connectivity index (χ1n) is 6.84. The van der Waals surface area contributed by atoms with Crippen LogP contribution in [0, 0.1) is 6.92 Å². The molecule has 1 amide bonds. The number of hydrogen-bond acceptors (Lipinski definition) is 2. The molecule has 0 unspecified atom stereocenters. The van der Waals surface area contributed by atoms with Gasteiger partial charge in [-0.3, -0.25) is 4.79 Å². The number of benzene rings is 2. The molecule has 0 aromatic heterocycles. The summed E-state index contributed by atoms with van der Waals surface area (Å²) in [5, 5.41) is 2.87. The van der Waals surface area contributed by atoms with Crippen LogP contribution in [0.5, 0.6) is 0 Å². The lowest BCUT2D eigenvalue weighted by Gasteiger charge is -2.06. The van der Waals surface area contributed by atoms with Crippen LogP contribution in [0.1, 0.15) is 24.0 Å². The molecule has 0 radical (unpaired) electrons. The summed E-state index contributed by atoms with van der Waals surface area (Å²) < 4.78 is 0. The van der Waals surface area contributed by atoms with Gasteiger partial charge in [0.15, 0.2) is 0 Å². The molecular formula is C17H20N2O. The summed E-state index contributed by atoms with van der Waals surface area (Å²) in [6.45, 7) is 2.07. The van der Waals surface area contributed by atoms with Crippen molar-refractivity contribution in [2.45, 2.75) is 26.2 Å². The number of nitrogen functional groups attached to an aromatic ring is 1. The van der Waals surface area contributed by atoms with Crippen molar-refractivity contribution in [2.24, 2.45) is 0 Å². The van der Waals surface area contributed by atoms with Crippen molar-refractivity contribution in [1.29, 1.82) is 0 Å². The topological polar surface area (TPSA) is 55.1 Å². The number of rotatable bonds is 5. The zero-order chi connectivity index (χ0) is 14.4. The zero-order valence-electron chi connectivity index (χ0n) is 11.7. The summed E-state index contributed by atoms with van der Waals surface area (Å²) in [7, 11) is 0. The van der Waals surface area contributed by atoms with E-state index in [2.05, 4.69) is 36.5 Å². The van der Waals surface area contributed by atoms with Gasteiger partial charge in [0.05, 0.1) is 0 Å². The smallest absolute Gasteiger partial charge is 0.224 e. The molecule has 0 aliphatic heterocycles. The van der Waals surface area contributed by atoms with Crippen molar-refractivity contribution in [2.75, 3.05) is 11.1 Å². The van der Waals surface area contributed by atoms with E-state index in [1.165, 1.54) is 11.1 Å². The highest BCUT2D eigenvalue weighted by molar-refractivity contribution is 5.90. The Labute approximate surface area is 119 Å². The maximum Gasteiger partial charge on any atom is 0.224 e. The van der Waals surface area contributed by atoms with Crippen LogP contribution in [0.3, 0.4) is 0 Å². The van der Waals surface area contributed by atoms with Gasteiger partial charge >= 0.3 is 0 Å². The molecule has 2 aromatic rings. The molecule has 20 heavy (non-hydrogen) atoms. The minimum Gasteiger partial charge on any atom is -0.399 e. The predicted octanol–water partition coefficient (Wildman–Crippen LogP) is 3.54. The Hall–Kier alpha value is -2.29. The van der Waals surface area contributed by atoms with E-state index in [1.54, 1.807) is 12.1 Å². The molecule has 0 heterocycles. The maximum absolute atomic E-state index is 11.8. The number of hydrogen-bond donors (Lipinski definition) is 2. The van der Waals surface area contributed by atoms with Crippen molar-refractivity contribution in [3.63, 3.8) is 0 Å². The standard InChI is InChI=1S/C17H20N2O/c1-13-5-7-14(8-6-13)3-2-4-17(20)19-16-11-9-15(18)10-12-16/h5-12H,2-4,18H2,1H3,(H,19,20).